The molecule has 1 aliphatic rings. The lowest BCUT2D eigenvalue weighted by molar-refractivity contribution is -0.190. The zero-order valence-electron chi connectivity index (χ0n) is 25.1. The van der Waals surface area contributed by atoms with Gasteiger partial charge in [-0.15, -0.1) is 5.10 Å². The Kier molecular flexibility index (Phi) is 10.5. The molecule has 1 aliphatic heterocycles. The highest BCUT2D eigenvalue weighted by atomic mass is 35.5. The van der Waals surface area contributed by atoms with Crippen LogP contribution in [0.15, 0.2) is 41.2 Å². The minimum atomic E-state index is -4.89. The summed E-state index contributed by atoms with van der Waals surface area (Å²) in [7, 11) is 0. The first-order chi connectivity index (χ1) is 22.4. The molecule has 0 aliphatic carbocycles. The molecular weight excluding hydrogens is 673 g/mol. The summed E-state index contributed by atoms with van der Waals surface area (Å²) in [6, 6.07) is 9.76. The third-order valence-electron chi connectivity index (χ3n) is 7.19. The molecule has 1 aromatic carbocycles. The molecule has 1 fully saturated rings. The topological polar surface area (TPSA) is 127 Å². The van der Waals surface area contributed by atoms with Gasteiger partial charge >= 0.3 is 11.9 Å². The van der Waals surface area contributed by atoms with E-state index >= 15 is 4.39 Å². The lowest BCUT2D eigenvalue weighted by Crippen LogP contribution is -2.33. The quantitative estimate of drug-likeness (QED) is 0.186. The zero-order chi connectivity index (χ0) is 33.9. The molecule has 3 aromatic heterocycles. The van der Waals surface area contributed by atoms with Gasteiger partial charge in [-0.05, 0) is 44.7 Å². The van der Waals surface area contributed by atoms with Gasteiger partial charge in [0.05, 0.1) is 6.61 Å². The van der Waals surface area contributed by atoms with E-state index in [9.17, 15) is 22.8 Å². The van der Waals surface area contributed by atoms with Crippen molar-refractivity contribution in [3.63, 3.8) is 0 Å². The van der Waals surface area contributed by atoms with Gasteiger partial charge < -0.3 is 19.5 Å². The molecule has 1 saturated heterocycles. The van der Waals surface area contributed by atoms with Crippen molar-refractivity contribution in [2.75, 3.05) is 11.9 Å². The fourth-order valence-electron chi connectivity index (χ4n) is 4.71. The highest BCUT2D eigenvalue weighted by Gasteiger charge is 2.39. The van der Waals surface area contributed by atoms with Crippen molar-refractivity contribution in [3.8, 4) is 11.7 Å². The van der Waals surface area contributed by atoms with Gasteiger partial charge in [-0.2, -0.15) is 27.9 Å². The van der Waals surface area contributed by atoms with Crippen molar-refractivity contribution in [3.05, 3.63) is 80.0 Å². The molecule has 1 amide bonds. The van der Waals surface area contributed by atoms with Gasteiger partial charge in [0.25, 0.3) is 5.91 Å². The van der Waals surface area contributed by atoms with Crippen molar-refractivity contribution < 1.29 is 36.6 Å². The molecule has 0 spiro atoms. The number of anilines is 1. The van der Waals surface area contributed by atoms with Gasteiger partial charge in [-0.3, -0.25) is 9.36 Å². The van der Waals surface area contributed by atoms with Crippen LogP contribution in [0.4, 0.5) is 23.2 Å². The Hall–Kier alpha value is -3.99. The Morgan fingerprint density at radius 1 is 1.17 bits per heavy atom. The zero-order valence-corrected chi connectivity index (χ0v) is 26.6. The molecule has 0 radical (unpaired) electrons. The van der Waals surface area contributed by atoms with Gasteiger partial charge in [0, 0.05) is 13.2 Å². The number of carbonyl (C=O) groups is 1. The summed E-state index contributed by atoms with van der Waals surface area (Å²) in [5.41, 5.74) is -0.924. The van der Waals surface area contributed by atoms with Crippen LogP contribution in [-0.4, -0.2) is 53.9 Å². The predicted molar refractivity (Wildman–Crippen MR) is 161 cm³/mol. The summed E-state index contributed by atoms with van der Waals surface area (Å²) in [6.07, 6.45) is -5.68. The van der Waals surface area contributed by atoms with Crippen LogP contribution in [0.1, 0.15) is 61.1 Å². The van der Waals surface area contributed by atoms with Gasteiger partial charge in [0.15, 0.2) is 40.1 Å². The highest BCUT2D eigenvalue weighted by Crippen LogP contribution is 2.36. The van der Waals surface area contributed by atoms with E-state index in [1.54, 1.807) is 6.92 Å². The second kappa shape index (κ2) is 14.4. The van der Waals surface area contributed by atoms with Crippen LogP contribution >= 0.6 is 23.2 Å². The molecule has 18 heteroatoms. The summed E-state index contributed by atoms with van der Waals surface area (Å²) in [6.45, 7) is 2.93. The number of halogens is 6. The normalized spacial score (nSPS) is 15.9. The number of rotatable bonds is 11. The smallest absolute Gasteiger partial charge is 0.425 e. The van der Waals surface area contributed by atoms with E-state index in [1.807, 2.05) is 30.3 Å². The third-order valence-corrected chi connectivity index (χ3v) is 7.82. The van der Waals surface area contributed by atoms with Crippen LogP contribution in [0.25, 0.3) is 5.82 Å². The number of aromatic nitrogens is 6. The van der Waals surface area contributed by atoms with E-state index < -0.39 is 53.2 Å². The van der Waals surface area contributed by atoms with Crippen molar-refractivity contribution in [1.82, 2.24) is 29.1 Å². The molecule has 2 atom stereocenters. The Morgan fingerprint density at radius 3 is 2.57 bits per heavy atom. The highest BCUT2D eigenvalue weighted by molar-refractivity contribution is 6.39. The Balaban J connectivity index is 1.48. The molecule has 252 valence electrons. The van der Waals surface area contributed by atoms with E-state index in [0.717, 1.165) is 18.4 Å². The maximum Gasteiger partial charge on any atom is 0.425 e. The van der Waals surface area contributed by atoms with Gasteiger partial charge in [-0.1, -0.05) is 53.5 Å². The number of alkyl halides is 3. The Morgan fingerprint density at radius 2 is 1.91 bits per heavy atom. The summed E-state index contributed by atoms with van der Waals surface area (Å²) in [4.78, 5) is 30.5. The van der Waals surface area contributed by atoms with Crippen LogP contribution in [0.2, 0.25) is 10.3 Å². The predicted octanol–water partition coefficient (Wildman–Crippen LogP) is 6.09. The van der Waals surface area contributed by atoms with Crippen LogP contribution in [0, 0.1) is 5.82 Å². The van der Waals surface area contributed by atoms with Crippen LogP contribution in [-0.2, 0) is 29.2 Å². The molecule has 4 heterocycles. The summed E-state index contributed by atoms with van der Waals surface area (Å²) >= 11 is 12.7. The number of pyridine rings is 1. The maximum absolute atomic E-state index is 15.6. The number of benzene rings is 1. The number of nitrogens with one attached hydrogen (secondary N) is 1. The second-order valence-corrected chi connectivity index (χ2v) is 11.2. The maximum atomic E-state index is 15.6. The Bertz CT molecular complexity index is 1790. The van der Waals surface area contributed by atoms with E-state index in [1.165, 1.54) is 9.25 Å². The monoisotopic (exact) mass is 701 g/mol. The van der Waals surface area contributed by atoms with Crippen molar-refractivity contribution in [1.29, 1.82) is 0 Å². The molecule has 47 heavy (non-hydrogen) atoms. The minimum absolute atomic E-state index is 0.103. The number of carbonyl (C=O) groups excluding carboxylic acids is 1. The fourth-order valence-corrected chi connectivity index (χ4v) is 5.26. The second-order valence-electron chi connectivity index (χ2n) is 10.5. The molecule has 12 nitrogen and oxygen atoms in total. The lowest BCUT2D eigenvalue weighted by atomic mass is 10.2. The van der Waals surface area contributed by atoms with Crippen molar-refractivity contribution in [2.24, 2.45) is 0 Å². The number of hydrogen-bond acceptors (Lipinski definition) is 8. The van der Waals surface area contributed by atoms with Gasteiger partial charge in [0.1, 0.15) is 17.9 Å². The molecule has 2 unspecified atom stereocenters. The van der Waals surface area contributed by atoms with E-state index in [2.05, 4.69) is 20.5 Å². The number of nitrogens with zero attached hydrogens (tertiary/aromatic N) is 6. The van der Waals surface area contributed by atoms with Gasteiger partial charge in [-0.25, -0.2) is 13.9 Å². The SMILES string of the molecule is CCn1c(COCc2ccccc2)nn(-c2nc(OC(C)C(F)(F)F)c(C(=O)Nc3c(Cl)nn(C4CCCCO4)c3Cl)cc2F)c1=O. The summed E-state index contributed by atoms with van der Waals surface area (Å²) in [5, 5.41) is 10.2. The number of amides is 1. The van der Waals surface area contributed by atoms with Crippen LogP contribution < -0.4 is 15.7 Å². The molecule has 5 rings (SSSR count). The van der Waals surface area contributed by atoms with Gasteiger partial charge in [0.2, 0.25) is 5.88 Å². The molecule has 0 bridgehead atoms. The van der Waals surface area contributed by atoms with Crippen LogP contribution in [0.3, 0.4) is 0 Å². The minimum Gasteiger partial charge on any atom is -0.464 e. The fraction of sp³-hybridized carbons (Fsp3) is 0.414. The lowest BCUT2D eigenvalue weighted by Gasteiger charge is -2.23. The number of hydrogen-bond donors (Lipinski definition) is 1. The van der Waals surface area contributed by atoms with Crippen molar-refractivity contribution in [2.45, 2.75) is 71.4 Å². The first-order valence-corrected chi connectivity index (χ1v) is 15.3. The molecule has 0 saturated carbocycles. The first kappa shape index (κ1) is 34.3. The molecular formula is C29H29Cl2F4N7O5. The Labute approximate surface area is 275 Å². The third kappa shape index (κ3) is 7.61. The first-order valence-electron chi connectivity index (χ1n) is 14.5. The van der Waals surface area contributed by atoms with Crippen molar-refractivity contribution >= 4 is 34.8 Å². The largest absolute Gasteiger partial charge is 0.464 e. The average molecular weight is 702 g/mol. The van der Waals surface area contributed by atoms with E-state index in [0.29, 0.717) is 30.7 Å². The molecule has 1 N–H and O–H groups in total. The van der Waals surface area contributed by atoms with E-state index in [4.69, 9.17) is 37.4 Å². The number of ether oxygens (including phenoxy) is 3. The molecule has 4 aromatic rings. The summed E-state index contributed by atoms with van der Waals surface area (Å²) < 4.78 is 75.6. The van der Waals surface area contributed by atoms with E-state index in [-0.39, 0.29) is 41.6 Å². The van der Waals surface area contributed by atoms with Crippen LogP contribution in [0.5, 0.6) is 5.88 Å². The average Bonchev–Trinajstić information content (AvgIpc) is 3.51. The standard InChI is InChI=1S/C29H29Cl2F4N7O5/c1-3-40-20(15-45-14-17-9-5-4-6-10-17)38-42(28(40)44)25-19(32)13-18(27(37-25)47-16(2)29(33,34)35)26(43)36-22-23(30)39-41(24(22)31)21-11-7-8-12-46-21/h4-6,9-10,13,16,21H,3,7-8,11-12,14-15H2,1-2H3,(H,36,43). The summed E-state index contributed by atoms with van der Waals surface area (Å²) in [5.74, 6) is -4.05.